The summed E-state index contributed by atoms with van der Waals surface area (Å²) in [6.45, 7) is 9.43. The van der Waals surface area contributed by atoms with Gasteiger partial charge < -0.3 is 5.32 Å². The minimum absolute atomic E-state index is 0.100. The first-order chi connectivity index (χ1) is 8.02. The Labute approximate surface area is 103 Å². The second-order valence-electron chi connectivity index (χ2n) is 4.99. The molecule has 4 nitrogen and oxygen atoms in total. The van der Waals surface area contributed by atoms with E-state index in [4.69, 9.17) is 0 Å². The van der Waals surface area contributed by atoms with Crippen molar-refractivity contribution >= 4 is 5.91 Å². The average molecular weight is 235 g/mol. The van der Waals surface area contributed by atoms with Crippen molar-refractivity contribution < 1.29 is 4.79 Å². The standard InChI is InChI=1S/C13H21N3O/c1-9(2)12(10(3)4)7-16-13(17)11-5-14-8-15-6-11/h5-6,8-10,12H,7H2,1-4H3,(H,16,17). The monoisotopic (exact) mass is 235 g/mol. The second-order valence-corrected chi connectivity index (χ2v) is 4.99. The molecule has 0 radical (unpaired) electrons. The van der Waals surface area contributed by atoms with Gasteiger partial charge in [0.1, 0.15) is 6.33 Å². The van der Waals surface area contributed by atoms with E-state index in [0.717, 1.165) is 0 Å². The lowest BCUT2D eigenvalue weighted by molar-refractivity contribution is 0.0936. The van der Waals surface area contributed by atoms with Crippen LogP contribution >= 0.6 is 0 Å². The molecule has 0 aliphatic rings. The molecule has 94 valence electrons. The molecular formula is C13H21N3O. The molecule has 1 amide bonds. The quantitative estimate of drug-likeness (QED) is 0.850. The van der Waals surface area contributed by atoms with Gasteiger partial charge in [-0.05, 0) is 17.8 Å². The summed E-state index contributed by atoms with van der Waals surface area (Å²) >= 11 is 0. The molecule has 0 spiro atoms. The normalized spacial score (nSPS) is 11.2. The van der Waals surface area contributed by atoms with Crippen LogP contribution in [0.25, 0.3) is 0 Å². The van der Waals surface area contributed by atoms with E-state index in [2.05, 4.69) is 43.0 Å². The molecule has 0 saturated heterocycles. The molecule has 17 heavy (non-hydrogen) atoms. The van der Waals surface area contributed by atoms with E-state index in [0.29, 0.717) is 29.9 Å². The molecule has 0 fully saturated rings. The maximum Gasteiger partial charge on any atom is 0.254 e. The Morgan fingerprint density at radius 1 is 1.18 bits per heavy atom. The predicted octanol–water partition coefficient (Wildman–Crippen LogP) is 2.13. The number of aromatic nitrogens is 2. The van der Waals surface area contributed by atoms with Gasteiger partial charge in [-0.1, -0.05) is 27.7 Å². The van der Waals surface area contributed by atoms with Crippen molar-refractivity contribution in [1.29, 1.82) is 0 Å². The van der Waals surface area contributed by atoms with Crippen LogP contribution < -0.4 is 5.32 Å². The fourth-order valence-electron chi connectivity index (χ4n) is 1.97. The highest BCUT2D eigenvalue weighted by Crippen LogP contribution is 2.19. The molecule has 0 aliphatic carbocycles. The summed E-state index contributed by atoms with van der Waals surface area (Å²) in [6, 6.07) is 0. The highest BCUT2D eigenvalue weighted by atomic mass is 16.1. The van der Waals surface area contributed by atoms with Gasteiger partial charge >= 0.3 is 0 Å². The highest BCUT2D eigenvalue weighted by Gasteiger charge is 2.18. The highest BCUT2D eigenvalue weighted by molar-refractivity contribution is 5.93. The minimum atomic E-state index is -0.100. The second kappa shape index (κ2) is 6.33. The van der Waals surface area contributed by atoms with Crippen LogP contribution in [0.15, 0.2) is 18.7 Å². The van der Waals surface area contributed by atoms with Crippen LogP contribution in [-0.4, -0.2) is 22.4 Å². The van der Waals surface area contributed by atoms with Crippen molar-refractivity contribution in [2.24, 2.45) is 17.8 Å². The third-order valence-electron chi connectivity index (χ3n) is 3.03. The number of amides is 1. The molecule has 4 heteroatoms. The van der Waals surface area contributed by atoms with Gasteiger partial charge in [-0.25, -0.2) is 9.97 Å². The third-order valence-corrected chi connectivity index (χ3v) is 3.03. The largest absolute Gasteiger partial charge is 0.352 e. The lowest BCUT2D eigenvalue weighted by Gasteiger charge is -2.24. The fourth-order valence-corrected chi connectivity index (χ4v) is 1.97. The molecular weight excluding hydrogens is 214 g/mol. The first kappa shape index (κ1) is 13.6. The van der Waals surface area contributed by atoms with Crippen molar-refractivity contribution in [2.75, 3.05) is 6.54 Å². The molecule has 1 rings (SSSR count). The molecule has 1 N–H and O–H groups in total. The summed E-state index contributed by atoms with van der Waals surface area (Å²) in [7, 11) is 0. The van der Waals surface area contributed by atoms with E-state index in [-0.39, 0.29) is 5.91 Å². The van der Waals surface area contributed by atoms with E-state index in [1.807, 2.05) is 0 Å². The number of carbonyl (C=O) groups excluding carboxylic acids is 1. The smallest absolute Gasteiger partial charge is 0.254 e. The van der Waals surface area contributed by atoms with Crippen molar-refractivity contribution in [3.63, 3.8) is 0 Å². The molecule has 0 atom stereocenters. The summed E-state index contributed by atoms with van der Waals surface area (Å²) in [5, 5.41) is 2.94. The summed E-state index contributed by atoms with van der Waals surface area (Å²) in [5.74, 6) is 1.50. The van der Waals surface area contributed by atoms with Crippen LogP contribution in [-0.2, 0) is 0 Å². The van der Waals surface area contributed by atoms with Crippen LogP contribution in [0.5, 0.6) is 0 Å². The van der Waals surface area contributed by atoms with Crippen LogP contribution in [0.2, 0.25) is 0 Å². The zero-order valence-electron chi connectivity index (χ0n) is 11.0. The van der Waals surface area contributed by atoms with Crippen molar-refractivity contribution in [2.45, 2.75) is 27.7 Å². The number of carbonyl (C=O) groups is 1. The molecule has 0 saturated carbocycles. The van der Waals surface area contributed by atoms with Gasteiger partial charge in [0, 0.05) is 18.9 Å². The SMILES string of the molecule is CC(C)C(CNC(=O)c1cncnc1)C(C)C. The molecule has 1 aromatic rings. The van der Waals surface area contributed by atoms with Gasteiger partial charge in [0.2, 0.25) is 0 Å². The summed E-state index contributed by atoms with van der Waals surface area (Å²) in [4.78, 5) is 19.5. The number of hydrogen-bond acceptors (Lipinski definition) is 3. The predicted molar refractivity (Wildman–Crippen MR) is 67.5 cm³/mol. The average Bonchev–Trinajstić information content (AvgIpc) is 2.29. The number of nitrogens with one attached hydrogen (secondary N) is 1. The van der Waals surface area contributed by atoms with Crippen LogP contribution in [0, 0.1) is 17.8 Å². The van der Waals surface area contributed by atoms with E-state index in [1.165, 1.54) is 18.7 Å². The Balaban J connectivity index is 2.53. The van der Waals surface area contributed by atoms with Crippen molar-refractivity contribution in [3.8, 4) is 0 Å². The van der Waals surface area contributed by atoms with Crippen LogP contribution in [0.3, 0.4) is 0 Å². The summed E-state index contributed by atoms with van der Waals surface area (Å²) in [5.41, 5.74) is 0.513. The van der Waals surface area contributed by atoms with E-state index in [1.54, 1.807) is 0 Å². The lowest BCUT2D eigenvalue weighted by atomic mass is 9.85. The van der Waals surface area contributed by atoms with E-state index < -0.39 is 0 Å². The summed E-state index contributed by atoms with van der Waals surface area (Å²) < 4.78 is 0. The molecule has 0 unspecified atom stereocenters. The topological polar surface area (TPSA) is 54.9 Å². The van der Waals surface area contributed by atoms with Crippen molar-refractivity contribution in [3.05, 3.63) is 24.3 Å². The minimum Gasteiger partial charge on any atom is -0.352 e. The van der Waals surface area contributed by atoms with Crippen LogP contribution in [0.1, 0.15) is 38.1 Å². The Kier molecular flexibility index (Phi) is 5.07. The Morgan fingerprint density at radius 2 is 1.71 bits per heavy atom. The van der Waals surface area contributed by atoms with Crippen molar-refractivity contribution in [1.82, 2.24) is 15.3 Å². The van der Waals surface area contributed by atoms with Crippen LogP contribution in [0.4, 0.5) is 0 Å². The van der Waals surface area contributed by atoms with Gasteiger partial charge in [-0.3, -0.25) is 4.79 Å². The Morgan fingerprint density at radius 3 is 2.18 bits per heavy atom. The van der Waals surface area contributed by atoms with Gasteiger partial charge in [0.15, 0.2) is 0 Å². The molecule has 1 aromatic heterocycles. The number of rotatable bonds is 5. The number of hydrogen-bond donors (Lipinski definition) is 1. The van der Waals surface area contributed by atoms with E-state index >= 15 is 0 Å². The first-order valence-corrected chi connectivity index (χ1v) is 6.05. The van der Waals surface area contributed by atoms with Gasteiger partial charge in [0.05, 0.1) is 5.56 Å². The Hall–Kier alpha value is -1.45. The summed E-state index contributed by atoms with van der Waals surface area (Å²) in [6.07, 6.45) is 4.48. The lowest BCUT2D eigenvalue weighted by Crippen LogP contribution is -2.34. The zero-order valence-corrected chi connectivity index (χ0v) is 11.0. The van der Waals surface area contributed by atoms with E-state index in [9.17, 15) is 4.79 Å². The number of nitrogens with zero attached hydrogens (tertiary/aromatic N) is 2. The van der Waals surface area contributed by atoms with Gasteiger partial charge in [-0.15, -0.1) is 0 Å². The molecule has 0 bridgehead atoms. The zero-order chi connectivity index (χ0) is 12.8. The fraction of sp³-hybridized carbons (Fsp3) is 0.615. The van der Waals surface area contributed by atoms with Gasteiger partial charge in [0.25, 0.3) is 5.91 Å². The third kappa shape index (κ3) is 4.13. The maximum atomic E-state index is 11.8. The molecule has 0 aliphatic heterocycles. The molecule has 1 heterocycles. The maximum absolute atomic E-state index is 11.8. The van der Waals surface area contributed by atoms with Gasteiger partial charge in [-0.2, -0.15) is 0 Å². The molecule has 0 aromatic carbocycles. The Bertz CT molecular complexity index is 341. The first-order valence-electron chi connectivity index (χ1n) is 6.05.